The van der Waals surface area contributed by atoms with Crippen LogP contribution in [0.3, 0.4) is 0 Å². The van der Waals surface area contributed by atoms with Gasteiger partial charge in [0.1, 0.15) is 41.7 Å². The molecular formula is C46H49Cl2FN6O17. The molecule has 14 N–H and O–H groups in total. The first kappa shape index (κ1) is 53.9. The first-order valence-corrected chi connectivity index (χ1v) is 22.7. The number of rotatable bonds is 14. The predicted octanol–water partition coefficient (Wildman–Crippen LogP) is 3.77. The number of ether oxygens (including phenoxy) is 3. The summed E-state index contributed by atoms with van der Waals surface area (Å²) in [6, 6.07) is 14.3. The number of aromatic hydroxyl groups is 8. The van der Waals surface area contributed by atoms with Gasteiger partial charge >= 0.3 is 18.0 Å². The van der Waals surface area contributed by atoms with Crippen molar-refractivity contribution in [3.8, 4) is 51.7 Å². The minimum Gasteiger partial charge on any atom is -0.508 e. The van der Waals surface area contributed by atoms with Gasteiger partial charge in [-0.2, -0.15) is 14.4 Å². The first-order chi connectivity index (χ1) is 34.2. The Morgan fingerprint density at radius 3 is 2.03 bits per heavy atom. The molecule has 2 aromatic heterocycles. The van der Waals surface area contributed by atoms with Crippen molar-refractivity contribution in [3.05, 3.63) is 95.3 Å². The van der Waals surface area contributed by atoms with E-state index in [2.05, 4.69) is 19.9 Å². The highest BCUT2D eigenvalue weighted by atomic mass is 35.5. The van der Waals surface area contributed by atoms with Crippen molar-refractivity contribution in [2.24, 2.45) is 0 Å². The van der Waals surface area contributed by atoms with Crippen LogP contribution in [0.4, 0.5) is 15.9 Å². The van der Waals surface area contributed by atoms with E-state index < -0.39 is 95.9 Å². The van der Waals surface area contributed by atoms with Crippen molar-refractivity contribution in [3.63, 3.8) is 0 Å². The van der Waals surface area contributed by atoms with Crippen LogP contribution in [-0.2, 0) is 27.1 Å². The zero-order chi connectivity index (χ0) is 52.6. The summed E-state index contributed by atoms with van der Waals surface area (Å²) in [6.07, 6.45) is -5.20. The highest BCUT2D eigenvalue weighted by molar-refractivity contribution is 6.18. The Balaban J connectivity index is 0.000000188. The van der Waals surface area contributed by atoms with Crippen LogP contribution in [-0.4, -0.2) is 149 Å². The standard InChI is InChI=1S/C22H18O11.C14H19Cl2NO2.C10H12FN5O4/c23-10-5-12(24)11-7-18(33-22(31)9-3-15(27)20(30)16(28)4-9)21(32-17(11)6-10)8-1-13(25)19(29)14(26)2-8;15-8-10-17(11-9-16)13-6-4-12(5-7-13)2-1-3-14(18)19;11-10-14-7(12)4-8(15-10)16(2-13-4)9-6(19)5(18)3(1-17)20-9/h1-6,18,21,23-30H,7H2;4-7H,1-3,8-11H2,(H,18,19);2-3,5-6,9,17-19H,1H2,(H2,12,14,15)/t18-,21-;;3-,5-,6+,9-/m1.1/s1. The van der Waals surface area contributed by atoms with E-state index in [1.165, 1.54) is 17.0 Å². The lowest BCUT2D eigenvalue weighted by atomic mass is 9.93. The fraction of sp³-hybridized carbons (Fsp3) is 0.326. The average molecular weight is 1050 g/mol. The lowest BCUT2D eigenvalue weighted by Crippen LogP contribution is -2.34. The largest absolute Gasteiger partial charge is 0.508 e. The number of phenolic OH excluding ortho intramolecular Hbond substituents is 8. The molecule has 2 aliphatic rings. The van der Waals surface area contributed by atoms with E-state index >= 15 is 0 Å². The molecule has 0 radical (unpaired) electrons. The van der Waals surface area contributed by atoms with Crippen LogP contribution in [0.2, 0.25) is 0 Å². The number of hydrogen-bond acceptors (Lipinski definition) is 21. The summed E-state index contributed by atoms with van der Waals surface area (Å²) in [7, 11) is 0. The SMILES string of the molecule is Nc1nc(F)nc2c1ncn2[C@@H]1O[C@H](CO)[C@@H](O)[C@@H]1O.O=C(O)CCCc1ccc(N(CCCl)CCCl)cc1.O=C(O[C@@H]1Cc2c(O)cc(O)cc2O[C@@H]1c1cc(O)c(O)c(O)c1)c1cc(O)c(O)c(O)c1. The second-order valence-corrected chi connectivity index (χ2v) is 16.9. The normalized spacial score (nSPS) is 19.0. The van der Waals surface area contributed by atoms with Crippen molar-refractivity contribution in [1.29, 1.82) is 0 Å². The van der Waals surface area contributed by atoms with Crippen LogP contribution in [0, 0.1) is 6.08 Å². The van der Waals surface area contributed by atoms with E-state index in [1.54, 1.807) is 0 Å². The maximum atomic E-state index is 13.2. The lowest BCUT2D eigenvalue weighted by Gasteiger charge is -2.34. The van der Waals surface area contributed by atoms with Gasteiger partial charge in [0.15, 0.2) is 63.8 Å². The molecule has 0 bridgehead atoms. The summed E-state index contributed by atoms with van der Waals surface area (Å²) in [5.74, 6) is -5.81. The second-order valence-electron chi connectivity index (χ2n) is 16.1. The van der Waals surface area contributed by atoms with Gasteiger partial charge in [0.25, 0.3) is 0 Å². The monoisotopic (exact) mass is 1050 g/mol. The number of aliphatic hydroxyl groups is 3. The molecule has 386 valence electrons. The number of halogens is 3. The number of aliphatic carboxylic acids is 1. The summed E-state index contributed by atoms with van der Waals surface area (Å²) < 4.78 is 31.1. The number of aryl methyl sites for hydroxylation is 1. The number of phenols is 8. The fourth-order valence-electron chi connectivity index (χ4n) is 7.65. The number of nitrogens with zero attached hydrogens (tertiary/aromatic N) is 5. The van der Waals surface area contributed by atoms with Gasteiger partial charge in [-0.15, -0.1) is 23.2 Å². The molecule has 0 amide bonds. The number of aromatic nitrogens is 4. The number of alkyl halides is 2. The van der Waals surface area contributed by atoms with E-state index in [4.69, 9.17) is 53.4 Å². The first-order valence-electron chi connectivity index (χ1n) is 21.6. The quantitative estimate of drug-likeness (QED) is 0.0319. The fourth-order valence-corrected chi connectivity index (χ4v) is 8.06. The third-order valence-electron chi connectivity index (χ3n) is 11.2. The van der Waals surface area contributed by atoms with Crippen LogP contribution in [0.25, 0.3) is 11.2 Å². The summed E-state index contributed by atoms with van der Waals surface area (Å²) >= 11 is 11.5. The number of anilines is 2. The molecule has 26 heteroatoms. The Morgan fingerprint density at radius 2 is 1.46 bits per heavy atom. The third-order valence-corrected chi connectivity index (χ3v) is 11.6. The minimum atomic E-state index is -1.32. The van der Waals surface area contributed by atoms with Crippen LogP contribution in [0.15, 0.2) is 67.0 Å². The second kappa shape index (κ2) is 23.6. The highest BCUT2D eigenvalue weighted by Gasteiger charge is 2.44. The zero-order valence-electron chi connectivity index (χ0n) is 37.5. The van der Waals surface area contributed by atoms with Crippen LogP contribution in [0.1, 0.15) is 52.2 Å². The highest BCUT2D eigenvalue weighted by Crippen LogP contribution is 2.46. The average Bonchev–Trinajstić information content (AvgIpc) is 3.88. The van der Waals surface area contributed by atoms with E-state index in [1.807, 2.05) is 24.3 Å². The predicted molar refractivity (Wildman–Crippen MR) is 252 cm³/mol. The molecule has 0 spiro atoms. The zero-order valence-corrected chi connectivity index (χ0v) is 39.0. The van der Waals surface area contributed by atoms with Crippen LogP contribution in [0.5, 0.6) is 51.7 Å². The number of aliphatic hydroxyl groups excluding tert-OH is 3. The Morgan fingerprint density at radius 1 is 0.847 bits per heavy atom. The van der Waals surface area contributed by atoms with Gasteiger partial charge in [0.05, 0.1) is 18.5 Å². The molecule has 6 atom stereocenters. The van der Waals surface area contributed by atoms with Gasteiger partial charge < -0.3 is 86.1 Å². The summed E-state index contributed by atoms with van der Waals surface area (Å²) in [6.45, 7) is 1.08. The smallest absolute Gasteiger partial charge is 0.338 e. The van der Waals surface area contributed by atoms with Crippen molar-refractivity contribution in [2.75, 3.05) is 42.1 Å². The van der Waals surface area contributed by atoms with Gasteiger partial charge in [-0.1, -0.05) is 12.1 Å². The number of fused-ring (bicyclic) bond motifs is 2. The lowest BCUT2D eigenvalue weighted by molar-refractivity contribution is -0.137. The van der Waals surface area contributed by atoms with E-state index in [0.717, 1.165) is 61.1 Å². The van der Waals surface area contributed by atoms with Crippen molar-refractivity contribution >= 4 is 57.8 Å². The minimum absolute atomic E-state index is 0.0323. The summed E-state index contributed by atoms with van der Waals surface area (Å²) in [5, 5.41) is 115. The summed E-state index contributed by atoms with van der Waals surface area (Å²) in [4.78, 5) is 36.1. The van der Waals surface area contributed by atoms with Crippen molar-refractivity contribution in [1.82, 2.24) is 19.5 Å². The van der Waals surface area contributed by atoms with Crippen molar-refractivity contribution < 1.29 is 89.5 Å². The van der Waals surface area contributed by atoms with E-state index in [0.29, 0.717) is 18.2 Å². The topological polar surface area (TPSA) is 377 Å². The number of imidazole rings is 1. The Kier molecular flexibility index (Phi) is 17.7. The molecular weight excluding hydrogens is 998 g/mol. The maximum absolute atomic E-state index is 13.2. The number of carboxylic acids is 1. The molecule has 0 unspecified atom stereocenters. The Bertz CT molecular complexity index is 2830. The number of benzene rings is 4. The molecule has 0 saturated carbocycles. The van der Waals surface area contributed by atoms with Gasteiger partial charge in [-0.3, -0.25) is 9.36 Å². The molecule has 1 saturated heterocycles. The van der Waals surface area contributed by atoms with Crippen LogP contribution < -0.4 is 15.4 Å². The number of esters is 1. The Labute approximate surface area is 417 Å². The van der Waals surface area contributed by atoms with Gasteiger partial charge in [-0.25, -0.2) is 9.78 Å². The number of hydrogen-bond donors (Lipinski definition) is 13. The molecule has 72 heavy (non-hydrogen) atoms. The molecule has 23 nitrogen and oxygen atoms in total. The molecule has 0 aliphatic carbocycles. The van der Waals surface area contributed by atoms with Gasteiger partial charge in [-0.05, 0) is 54.8 Å². The molecule has 8 rings (SSSR count). The summed E-state index contributed by atoms with van der Waals surface area (Å²) in [5.41, 5.74) is 7.95. The molecule has 6 aromatic rings. The van der Waals surface area contributed by atoms with Gasteiger partial charge in [0.2, 0.25) is 0 Å². The molecule has 2 aliphatic heterocycles. The molecule has 4 aromatic carbocycles. The van der Waals surface area contributed by atoms with Gasteiger partial charge in [0, 0.05) is 66.6 Å². The number of nitrogen functional groups attached to an aromatic ring is 1. The molecule has 4 heterocycles. The maximum Gasteiger partial charge on any atom is 0.338 e. The number of nitrogens with two attached hydrogens (primary N) is 1. The number of carbonyl (C=O) groups excluding carboxylic acids is 1. The molecule has 1 fully saturated rings. The number of carboxylic acid groups (broad SMARTS) is 1. The van der Waals surface area contributed by atoms with Crippen LogP contribution >= 0.6 is 23.2 Å². The Hall–Kier alpha value is -7.48. The third kappa shape index (κ3) is 12.5. The van der Waals surface area contributed by atoms with E-state index in [9.17, 15) is 65.0 Å². The van der Waals surface area contributed by atoms with E-state index in [-0.39, 0.29) is 63.8 Å². The van der Waals surface area contributed by atoms with Crippen molar-refractivity contribution in [2.45, 2.75) is 62.4 Å². The number of carbonyl (C=O) groups is 2.